The fraction of sp³-hybridized carbons (Fsp3) is 0.208. The summed E-state index contributed by atoms with van der Waals surface area (Å²) in [7, 11) is -0.668. The van der Waals surface area contributed by atoms with Gasteiger partial charge in [-0.1, -0.05) is 24.3 Å². The Morgan fingerprint density at radius 2 is 1.79 bits per heavy atom. The Morgan fingerprint density at radius 1 is 1.06 bits per heavy atom. The average Bonchev–Trinajstić information content (AvgIpc) is 3.49. The number of hydrogen-bond donors (Lipinski definition) is 0. The Hall–Kier alpha value is -3.34. The van der Waals surface area contributed by atoms with Crippen LogP contribution in [0, 0.1) is 0 Å². The van der Waals surface area contributed by atoms with Gasteiger partial charge in [-0.3, -0.25) is 4.79 Å². The van der Waals surface area contributed by atoms with E-state index in [1.54, 1.807) is 47.8 Å². The predicted molar refractivity (Wildman–Crippen MR) is 130 cm³/mol. The number of ketones is 1. The zero-order valence-electron chi connectivity index (χ0n) is 18.9. The highest BCUT2D eigenvalue weighted by Gasteiger charge is 2.22. The molecule has 0 amide bonds. The van der Waals surface area contributed by atoms with Crippen molar-refractivity contribution >= 4 is 44.1 Å². The van der Waals surface area contributed by atoms with Crippen molar-refractivity contribution < 1.29 is 22.7 Å². The second-order valence-electron chi connectivity index (χ2n) is 7.64. The molecular weight excluding hydrogens is 474 g/mol. The van der Waals surface area contributed by atoms with Crippen molar-refractivity contribution in [3.8, 4) is 0 Å². The average molecular weight is 498 g/mol. The molecule has 10 heteroatoms. The Morgan fingerprint density at radius 3 is 2.44 bits per heavy atom. The van der Waals surface area contributed by atoms with Crippen LogP contribution in [0.15, 0.2) is 64.9 Å². The lowest BCUT2D eigenvalue weighted by Gasteiger charge is -2.11. The van der Waals surface area contributed by atoms with Crippen LogP contribution in [0.5, 0.6) is 0 Å². The summed E-state index contributed by atoms with van der Waals surface area (Å²) in [6.45, 7) is 2.35. The molecule has 0 saturated carbocycles. The number of aryl methyl sites for hydroxylation is 1. The Kier molecular flexibility index (Phi) is 6.65. The molecular formula is C24H23N3O5S2. The number of aromatic nitrogens is 2. The van der Waals surface area contributed by atoms with Crippen molar-refractivity contribution in [2.45, 2.75) is 25.0 Å². The Labute approximate surface area is 201 Å². The second kappa shape index (κ2) is 9.49. The van der Waals surface area contributed by atoms with E-state index in [4.69, 9.17) is 4.74 Å². The number of thiophene rings is 1. The lowest BCUT2D eigenvalue weighted by molar-refractivity contribution is 0.0456. The highest BCUT2D eigenvalue weighted by atomic mass is 32.2. The number of imidazole rings is 1. The van der Waals surface area contributed by atoms with Gasteiger partial charge in [-0.25, -0.2) is 22.5 Å². The summed E-state index contributed by atoms with van der Waals surface area (Å²) < 4.78 is 33.5. The highest BCUT2D eigenvalue weighted by molar-refractivity contribution is 7.89. The molecule has 2 heterocycles. The summed E-state index contributed by atoms with van der Waals surface area (Å²) in [4.78, 5) is 30.9. The van der Waals surface area contributed by atoms with Crippen molar-refractivity contribution in [1.29, 1.82) is 0 Å². The number of rotatable bonds is 8. The third-order valence-corrected chi connectivity index (χ3v) is 8.04. The molecule has 0 aliphatic heterocycles. The molecule has 0 bridgehead atoms. The van der Waals surface area contributed by atoms with Crippen LogP contribution < -0.4 is 0 Å². The van der Waals surface area contributed by atoms with E-state index in [-0.39, 0.29) is 28.4 Å². The van der Waals surface area contributed by atoms with E-state index < -0.39 is 16.0 Å². The van der Waals surface area contributed by atoms with Gasteiger partial charge in [0, 0.05) is 26.2 Å². The van der Waals surface area contributed by atoms with Crippen LogP contribution in [0.3, 0.4) is 0 Å². The summed E-state index contributed by atoms with van der Waals surface area (Å²) in [5.74, 6) is -0.392. The van der Waals surface area contributed by atoms with Crippen LogP contribution in [-0.2, 0) is 27.9 Å². The molecule has 0 spiro atoms. The number of carbonyl (C=O) groups excluding carboxylic acids is 2. The van der Waals surface area contributed by atoms with Gasteiger partial charge in [0.25, 0.3) is 0 Å². The zero-order chi connectivity index (χ0) is 24.5. The molecule has 2 aromatic carbocycles. The van der Waals surface area contributed by atoms with E-state index in [0.717, 1.165) is 9.82 Å². The molecule has 34 heavy (non-hydrogen) atoms. The van der Waals surface area contributed by atoms with Crippen LogP contribution in [-0.4, -0.2) is 48.1 Å². The lowest BCUT2D eigenvalue weighted by atomic mass is 10.0. The maximum absolute atomic E-state index is 12.9. The van der Waals surface area contributed by atoms with Crippen molar-refractivity contribution in [3.63, 3.8) is 0 Å². The number of esters is 1. The lowest BCUT2D eigenvalue weighted by Crippen LogP contribution is -2.22. The Balaban J connectivity index is 1.61. The monoisotopic (exact) mass is 497 g/mol. The summed E-state index contributed by atoms with van der Waals surface area (Å²) in [5, 5.41) is 1.80. The minimum Gasteiger partial charge on any atom is -0.454 e. The minimum atomic E-state index is -3.60. The van der Waals surface area contributed by atoms with Crippen molar-refractivity contribution in [3.05, 3.63) is 81.8 Å². The number of hydrogen-bond acceptors (Lipinski definition) is 7. The number of ether oxygens (including phenoxy) is 1. The standard InChI is InChI=1S/C24H23N3O5S2/c1-4-27-20-12-11-16(34(30,31)26(2)3)14-19(20)25-22(27)15-32-24(29)18-9-6-5-8-17(18)23(28)21-10-7-13-33-21/h5-14H,4,15H2,1-3H3. The molecule has 176 valence electrons. The molecule has 0 N–H and O–H groups in total. The fourth-order valence-corrected chi connectivity index (χ4v) is 5.20. The number of sulfonamides is 1. The van der Waals surface area contributed by atoms with Crippen molar-refractivity contribution in [2.24, 2.45) is 0 Å². The van der Waals surface area contributed by atoms with E-state index in [2.05, 4.69) is 4.98 Å². The van der Waals surface area contributed by atoms with Gasteiger partial charge in [-0.15, -0.1) is 11.3 Å². The first-order valence-corrected chi connectivity index (χ1v) is 12.8. The third kappa shape index (κ3) is 4.39. The Bertz CT molecular complexity index is 1470. The first-order valence-electron chi connectivity index (χ1n) is 10.5. The third-order valence-electron chi connectivity index (χ3n) is 5.36. The molecule has 2 aromatic heterocycles. The number of benzene rings is 2. The van der Waals surface area contributed by atoms with Gasteiger partial charge in [-0.05, 0) is 42.6 Å². The van der Waals surface area contributed by atoms with Crippen molar-refractivity contribution in [1.82, 2.24) is 13.9 Å². The van der Waals surface area contributed by atoms with E-state index in [9.17, 15) is 18.0 Å². The van der Waals surface area contributed by atoms with Crippen LogP contribution in [0.2, 0.25) is 0 Å². The largest absolute Gasteiger partial charge is 0.454 e. The van der Waals surface area contributed by atoms with Gasteiger partial charge in [0.15, 0.2) is 0 Å². The number of nitrogens with zero attached hydrogens (tertiary/aromatic N) is 3. The van der Waals surface area contributed by atoms with E-state index in [1.807, 2.05) is 11.5 Å². The summed E-state index contributed by atoms with van der Waals surface area (Å²) in [5.41, 5.74) is 1.68. The normalized spacial score (nSPS) is 11.8. The van der Waals surface area contributed by atoms with E-state index in [0.29, 0.717) is 22.8 Å². The summed E-state index contributed by atoms with van der Waals surface area (Å²) in [6, 6.07) is 14.8. The maximum atomic E-state index is 12.9. The molecule has 4 aromatic rings. The molecule has 0 unspecified atom stereocenters. The van der Waals surface area contributed by atoms with Gasteiger partial charge >= 0.3 is 5.97 Å². The van der Waals surface area contributed by atoms with Gasteiger partial charge in [0.05, 0.1) is 26.4 Å². The fourth-order valence-electron chi connectivity index (χ4n) is 3.60. The first-order chi connectivity index (χ1) is 16.2. The predicted octanol–water partition coefficient (Wildman–Crippen LogP) is 3.96. The maximum Gasteiger partial charge on any atom is 0.339 e. The topological polar surface area (TPSA) is 98.6 Å². The molecule has 0 saturated heterocycles. The van der Waals surface area contributed by atoms with Gasteiger partial charge < -0.3 is 9.30 Å². The van der Waals surface area contributed by atoms with Gasteiger partial charge in [0.2, 0.25) is 15.8 Å². The first kappa shape index (κ1) is 23.8. The van der Waals surface area contributed by atoms with E-state index >= 15 is 0 Å². The smallest absolute Gasteiger partial charge is 0.339 e. The molecule has 0 fully saturated rings. The second-order valence-corrected chi connectivity index (χ2v) is 10.7. The molecule has 0 aliphatic rings. The quantitative estimate of drug-likeness (QED) is 0.270. The van der Waals surface area contributed by atoms with Crippen LogP contribution >= 0.6 is 11.3 Å². The van der Waals surface area contributed by atoms with Gasteiger partial charge in [-0.2, -0.15) is 0 Å². The van der Waals surface area contributed by atoms with E-state index in [1.165, 1.54) is 37.6 Å². The van der Waals surface area contributed by atoms with Crippen LogP contribution in [0.25, 0.3) is 11.0 Å². The minimum absolute atomic E-state index is 0.126. The SMILES string of the molecule is CCn1c(COC(=O)c2ccccc2C(=O)c2cccs2)nc2cc(S(=O)(=O)N(C)C)ccc21. The molecule has 4 rings (SSSR count). The van der Waals surface area contributed by atoms with Crippen LogP contribution in [0.1, 0.15) is 38.3 Å². The molecule has 8 nitrogen and oxygen atoms in total. The highest BCUT2D eigenvalue weighted by Crippen LogP contribution is 2.23. The molecule has 0 atom stereocenters. The number of carbonyl (C=O) groups is 2. The molecule has 0 radical (unpaired) electrons. The number of fused-ring (bicyclic) bond motifs is 1. The van der Waals surface area contributed by atoms with Crippen molar-refractivity contribution in [2.75, 3.05) is 14.1 Å². The zero-order valence-corrected chi connectivity index (χ0v) is 20.5. The molecule has 0 aliphatic carbocycles. The van der Waals surface area contributed by atoms with Crippen LogP contribution in [0.4, 0.5) is 0 Å². The summed E-state index contributed by atoms with van der Waals surface area (Å²) >= 11 is 1.31. The van der Waals surface area contributed by atoms with Gasteiger partial charge in [0.1, 0.15) is 12.4 Å². The summed E-state index contributed by atoms with van der Waals surface area (Å²) in [6.07, 6.45) is 0.